The van der Waals surface area contributed by atoms with E-state index in [0.717, 1.165) is 16.9 Å². The molecule has 2 aromatic carbocycles. The van der Waals surface area contributed by atoms with Crippen molar-refractivity contribution in [3.8, 4) is 5.75 Å². The number of methoxy groups -OCH3 is 1. The molecule has 152 valence electrons. The number of hydrogen-bond donors (Lipinski definition) is 1. The van der Waals surface area contributed by atoms with Crippen LogP contribution in [0.15, 0.2) is 53.4 Å². The van der Waals surface area contributed by atoms with Gasteiger partial charge in [0.15, 0.2) is 6.29 Å². The topological polar surface area (TPSA) is 65.0 Å². The van der Waals surface area contributed by atoms with Crippen LogP contribution in [-0.2, 0) is 20.3 Å². The van der Waals surface area contributed by atoms with Crippen LogP contribution in [0.1, 0.15) is 24.3 Å². The van der Waals surface area contributed by atoms with E-state index in [9.17, 15) is 9.32 Å². The molecule has 0 bridgehead atoms. The first-order valence-corrected chi connectivity index (χ1v) is 11.3. The first kappa shape index (κ1) is 21.5. The van der Waals surface area contributed by atoms with Crippen molar-refractivity contribution < 1.29 is 23.5 Å². The van der Waals surface area contributed by atoms with Gasteiger partial charge in [-0.3, -0.25) is 4.21 Å². The highest BCUT2D eigenvalue weighted by Crippen LogP contribution is 2.39. The van der Waals surface area contributed by atoms with Gasteiger partial charge in [0.2, 0.25) is 0 Å². The van der Waals surface area contributed by atoms with E-state index in [1.165, 1.54) is 0 Å². The van der Waals surface area contributed by atoms with Crippen molar-refractivity contribution in [2.45, 2.75) is 41.6 Å². The predicted octanol–water partition coefficient (Wildman–Crippen LogP) is 3.74. The van der Waals surface area contributed by atoms with Crippen molar-refractivity contribution in [3.63, 3.8) is 0 Å². The number of ether oxygens (including phenoxy) is 3. The lowest BCUT2D eigenvalue weighted by atomic mass is 10.00. The summed E-state index contributed by atoms with van der Waals surface area (Å²) < 4.78 is 29.7. The molecule has 0 aliphatic carbocycles. The van der Waals surface area contributed by atoms with Crippen molar-refractivity contribution >= 4 is 26.7 Å². The van der Waals surface area contributed by atoms with E-state index < -0.39 is 33.6 Å². The number of rotatable bonds is 7. The van der Waals surface area contributed by atoms with E-state index in [2.05, 4.69) is 15.9 Å². The van der Waals surface area contributed by atoms with Crippen LogP contribution in [0, 0.1) is 6.92 Å². The monoisotopic (exact) mass is 468 g/mol. The highest BCUT2D eigenvalue weighted by molar-refractivity contribution is 9.09. The van der Waals surface area contributed by atoms with Gasteiger partial charge in [-0.15, -0.1) is 0 Å². The van der Waals surface area contributed by atoms with Crippen LogP contribution in [0.25, 0.3) is 0 Å². The van der Waals surface area contributed by atoms with Gasteiger partial charge in [-0.1, -0.05) is 45.8 Å². The van der Waals surface area contributed by atoms with E-state index in [-0.39, 0.29) is 5.75 Å². The van der Waals surface area contributed by atoms with Crippen LogP contribution in [-0.4, -0.2) is 45.3 Å². The molecule has 2 unspecified atom stereocenters. The SMILES string of the molecule is COc1ccc(C2OC[C@@](C)([C@@H](Br)[C@H](O)CS(=O)c3ccc(C)cc3)O2)cc1. The second-order valence-electron chi connectivity index (χ2n) is 7.14. The van der Waals surface area contributed by atoms with Crippen LogP contribution >= 0.6 is 15.9 Å². The second-order valence-corrected chi connectivity index (χ2v) is 9.62. The van der Waals surface area contributed by atoms with Gasteiger partial charge in [0.1, 0.15) is 11.4 Å². The molecule has 0 aromatic heterocycles. The van der Waals surface area contributed by atoms with Crippen molar-refractivity contribution in [2.75, 3.05) is 19.5 Å². The van der Waals surface area contributed by atoms with E-state index in [4.69, 9.17) is 14.2 Å². The Bertz CT molecular complexity index is 811. The van der Waals surface area contributed by atoms with Crippen LogP contribution in [0.4, 0.5) is 0 Å². The number of aliphatic hydroxyl groups is 1. The zero-order chi connectivity index (χ0) is 20.3. The molecule has 1 aliphatic heterocycles. The molecule has 0 spiro atoms. The van der Waals surface area contributed by atoms with Gasteiger partial charge in [-0.2, -0.15) is 0 Å². The average molecular weight is 469 g/mol. The Labute approximate surface area is 176 Å². The van der Waals surface area contributed by atoms with Crippen molar-refractivity contribution in [2.24, 2.45) is 0 Å². The molecule has 0 amide bonds. The summed E-state index contributed by atoms with van der Waals surface area (Å²) in [6, 6.07) is 15.0. The molecular weight excluding hydrogens is 444 g/mol. The molecule has 1 fully saturated rings. The first-order valence-electron chi connectivity index (χ1n) is 9.03. The van der Waals surface area contributed by atoms with Crippen LogP contribution < -0.4 is 4.74 Å². The van der Waals surface area contributed by atoms with E-state index >= 15 is 0 Å². The van der Waals surface area contributed by atoms with E-state index in [1.807, 2.05) is 62.4 Å². The highest BCUT2D eigenvalue weighted by atomic mass is 79.9. The Morgan fingerprint density at radius 2 is 1.89 bits per heavy atom. The number of benzene rings is 2. The summed E-state index contributed by atoms with van der Waals surface area (Å²) in [6.07, 6.45) is -1.38. The molecule has 1 N–H and O–H groups in total. The number of halogens is 1. The zero-order valence-electron chi connectivity index (χ0n) is 16.1. The normalized spacial score (nSPS) is 25.2. The molecule has 1 saturated heterocycles. The molecule has 0 saturated carbocycles. The smallest absolute Gasteiger partial charge is 0.184 e. The summed E-state index contributed by atoms with van der Waals surface area (Å²) in [4.78, 5) is 0.270. The lowest BCUT2D eigenvalue weighted by Gasteiger charge is -2.31. The van der Waals surface area contributed by atoms with Crippen molar-refractivity contribution in [3.05, 3.63) is 59.7 Å². The summed E-state index contributed by atoms with van der Waals surface area (Å²) in [5, 5.41) is 10.7. The molecule has 28 heavy (non-hydrogen) atoms. The van der Waals surface area contributed by atoms with E-state index in [1.54, 1.807) is 7.11 Å². The third-order valence-electron chi connectivity index (χ3n) is 4.81. The van der Waals surface area contributed by atoms with Crippen LogP contribution in [0.2, 0.25) is 0 Å². The maximum atomic E-state index is 12.6. The number of aryl methyl sites for hydroxylation is 1. The molecular formula is C21H25BrO5S. The number of aliphatic hydroxyl groups excluding tert-OH is 1. The third-order valence-corrected chi connectivity index (χ3v) is 7.83. The first-order chi connectivity index (χ1) is 13.3. The molecule has 0 radical (unpaired) electrons. The quantitative estimate of drug-likeness (QED) is 0.626. The summed E-state index contributed by atoms with van der Waals surface area (Å²) in [5.74, 6) is 0.877. The van der Waals surface area contributed by atoms with Gasteiger partial charge in [0.05, 0.1) is 41.2 Å². The van der Waals surface area contributed by atoms with Crippen LogP contribution in [0.3, 0.4) is 0 Å². The molecule has 7 heteroatoms. The van der Waals surface area contributed by atoms with Gasteiger partial charge < -0.3 is 19.3 Å². The highest BCUT2D eigenvalue weighted by Gasteiger charge is 2.46. The van der Waals surface area contributed by atoms with Gasteiger partial charge in [0.25, 0.3) is 0 Å². The van der Waals surface area contributed by atoms with Crippen molar-refractivity contribution in [1.29, 1.82) is 0 Å². The number of hydrogen-bond acceptors (Lipinski definition) is 5. The fraction of sp³-hybridized carbons (Fsp3) is 0.429. The lowest BCUT2D eigenvalue weighted by molar-refractivity contribution is -0.0928. The third kappa shape index (κ3) is 4.83. The zero-order valence-corrected chi connectivity index (χ0v) is 18.5. The Morgan fingerprint density at radius 1 is 1.25 bits per heavy atom. The largest absolute Gasteiger partial charge is 0.497 e. The average Bonchev–Trinajstić information content (AvgIpc) is 3.11. The molecule has 1 aliphatic rings. The summed E-state index contributed by atoms with van der Waals surface area (Å²) in [6.45, 7) is 4.18. The summed E-state index contributed by atoms with van der Waals surface area (Å²) in [5.41, 5.74) is 1.23. The van der Waals surface area contributed by atoms with E-state index in [0.29, 0.717) is 11.5 Å². The molecule has 5 atom stereocenters. The Hall–Kier alpha value is -1.25. The summed E-state index contributed by atoms with van der Waals surface area (Å²) >= 11 is 3.55. The van der Waals surface area contributed by atoms with Gasteiger partial charge in [-0.05, 0) is 38.1 Å². The molecule has 1 heterocycles. The standard InChI is InChI=1S/C21H25BrO5S/c1-14-4-10-17(11-5-14)28(24)12-18(23)19(22)21(2)13-26-20(27-21)15-6-8-16(25-3)9-7-15/h4-11,18-20,23H,12-13H2,1-3H3/t18-,19+,20?,21+,28?/m1/s1. The maximum Gasteiger partial charge on any atom is 0.184 e. The van der Waals surface area contributed by atoms with Gasteiger partial charge in [-0.25, -0.2) is 0 Å². The van der Waals surface area contributed by atoms with Gasteiger partial charge >= 0.3 is 0 Å². The Balaban J connectivity index is 1.63. The Morgan fingerprint density at radius 3 is 2.50 bits per heavy atom. The molecule has 2 aromatic rings. The fourth-order valence-electron chi connectivity index (χ4n) is 3.06. The second kappa shape index (κ2) is 9.05. The fourth-order valence-corrected chi connectivity index (χ4v) is 4.87. The lowest BCUT2D eigenvalue weighted by Crippen LogP contribution is -2.46. The number of alkyl halides is 1. The minimum atomic E-state index is -1.30. The van der Waals surface area contributed by atoms with Crippen LogP contribution in [0.5, 0.6) is 5.75 Å². The minimum Gasteiger partial charge on any atom is -0.497 e. The summed E-state index contributed by atoms with van der Waals surface area (Å²) in [7, 11) is 0.318. The van der Waals surface area contributed by atoms with Crippen molar-refractivity contribution in [1.82, 2.24) is 0 Å². The van der Waals surface area contributed by atoms with Gasteiger partial charge in [0, 0.05) is 10.5 Å². The maximum absolute atomic E-state index is 12.6. The molecule has 3 rings (SSSR count). The molecule has 5 nitrogen and oxygen atoms in total. The predicted molar refractivity (Wildman–Crippen MR) is 112 cm³/mol. The Kier molecular flexibility index (Phi) is 6.94. The minimum absolute atomic E-state index is 0.116.